The smallest absolute Gasteiger partial charge is 0.305 e. The molecule has 31 heavy (non-hydrogen) atoms. The van der Waals surface area contributed by atoms with Gasteiger partial charge in [0.2, 0.25) is 0 Å². The molecule has 0 aromatic heterocycles. The van der Waals surface area contributed by atoms with E-state index in [0.29, 0.717) is 19.6 Å². The SMILES string of the molecule is CCCCCCC#CC1=CC(=O)[C@H](CCCCCCC)[C@@H]1OCCCCC(=O)OCC. The number of hydrogen-bond acceptors (Lipinski definition) is 4. The van der Waals surface area contributed by atoms with Crippen LogP contribution in [0.4, 0.5) is 0 Å². The molecule has 0 saturated carbocycles. The second-order valence-electron chi connectivity index (χ2n) is 8.48. The topological polar surface area (TPSA) is 52.6 Å². The van der Waals surface area contributed by atoms with Crippen LogP contribution in [-0.4, -0.2) is 31.1 Å². The molecule has 1 aliphatic rings. The molecule has 0 radical (unpaired) electrons. The lowest BCUT2D eigenvalue weighted by atomic mass is 9.93. The van der Waals surface area contributed by atoms with Crippen molar-refractivity contribution in [1.29, 1.82) is 0 Å². The van der Waals surface area contributed by atoms with Crippen molar-refractivity contribution in [3.05, 3.63) is 11.6 Å². The van der Waals surface area contributed by atoms with Gasteiger partial charge in [-0.3, -0.25) is 9.59 Å². The predicted octanol–water partition coefficient (Wildman–Crippen LogP) is 6.56. The Morgan fingerprint density at radius 2 is 1.65 bits per heavy atom. The van der Waals surface area contributed by atoms with Gasteiger partial charge in [-0.2, -0.15) is 0 Å². The Morgan fingerprint density at radius 3 is 2.35 bits per heavy atom. The van der Waals surface area contributed by atoms with Gasteiger partial charge in [0, 0.05) is 25.0 Å². The number of carbonyl (C=O) groups excluding carboxylic acids is 2. The van der Waals surface area contributed by atoms with Crippen LogP contribution in [0.15, 0.2) is 11.6 Å². The molecule has 2 atom stereocenters. The van der Waals surface area contributed by atoms with E-state index in [0.717, 1.165) is 44.1 Å². The fourth-order valence-electron chi connectivity index (χ4n) is 3.90. The summed E-state index contributed by atoms with van der Waals surface area (Å²) in [7, 11) is 0. The first-order chi connectivity index (χ1) is 15.1. The summed E-state index contributed by atoms with van der Waals surface area (Å²) >= 11 is 0. The van der Waals surface area contributed by atoms with E-state index >= 15 is 0 Å². The van der Waals surface area contributed by atoms with Gasteiger partial charge in [-0.05, 0) is 38.7 Å². The lowest BCUT2D eigenvalue weighted by Gasteiger charge is -2.21. The quantitative estimate of drug-likeness (QED) is 0.148. The van der Waals surface area contributed by atoms with Crippen molar-refractivity contribution in [2.24, 2.45) is 5.92 Å². The number of rotatable bonds is 17. The van der Waals surface area contributed by atoms with Crippen LogP contribution in [0.5, 0.6) is 0 Å². The first-order valence-corrected chi connectivity index (χ1v) is 12.7. The molecule has 1 aliphatic carbocycles. The Labute approximate surface area is 190 Å². The molecule has 0 N–H and O–H groups in total. The normalized spacial score (nSPS) is 17.9. The summed E-state index contributed by atoms with van der Waals surface area (Å²) in [6.45, 7) is 7.20. The molecule has 0 unspecified atom stereocenters. The van der Waals surface area contributed by atoms with Crippen LogP contribution in [-0.2, 0) is 19.1 Å². The average Bonchev–Trinajstić information content (AvgIpc) is 3.05. The third-order valence-electron chi connectivity index (χ3n) is 5.72. The first-order valence-electron chi connectivity index (χ1n) is 12.7. The second kappa shape index (κ2) is 18.0. The minimum Gasteiger partial charge on any atom is -0.466 e. The van der Waals surface area contributed by atoms with E-state index in [1.54, 1.807) is 6.08 Å². The third kappa shape index (κ3) is 12.1. The summed E-state index contributed by atoms with van der Waals surface area (Å²) in [6, 6.07) is 0. The fourth-order valence-corrected chi connectivity index (χ4v) is 3.90. The second-order valence-corrected chi connectivity index (χ2v) is 8.48. The highest BCUT2D eigenvalue weighted by Gasteiger charge is 2.35. The molecule has 4 nitrogen and oxygen atoms in total. The molecule has 1 rings (SSSR count). The Morgan fingerprint density at radius 1 is 0.935 bits per heavy atom. The van der Waals surface area contributed by atoms with Crippen LogP contribution in [0.2, 0.25) is 0 Å². The number of allylic oxidation sites excluding steroid dienone is 1. The zero-order chi connectivity index (χ0) is 22.7. The van der Waals surface area contributed by atoms with Crippen LogP contribution < -0.4 is 0 Å². The van der Waals surface area contributed by atoms with Crippen LogP contribution >= 0.6 is 0 Å². The van der Waals surface area contributed by atoms with Crippen molar-refractivity contribution in [2.75, 3.05) is 13.2 Å². The molecule has 0 fully saturated rings. The molecule has 0 amide bonds. The molecule has 0 saturated heterocycles. The third-order valence-corrected chi connectivity index (χ3v) is 5.72. The van der Waals surface area contributed by atoms with Crippen molar-refractivity contribution < 1.29 is 19.1 Å². The van der Waals surface area contributed by atoms with Gasteiger partial charge in [-0.25, -0.2) is 0 Å². The van der Waals surface area contributed by atoms with Gasteiger partial charge in [0.25, 0.3) is 0 Å². The van der Waals surface area contributed by atoms with E-state index in [1.165, 1.54) is 44.9 Å². The van der Waals surface area contributed by atoms with Crippen molar-refractivity contribution in [3.63, 3.8) is 0 Å². The number of hydrogen-bond donors (Lipinski definition) is 0. The number of carbonyl (C=O) groups is 2. The molecule has 0 bridgehead atoms. The molecular weight excluding hydrogens is 388 g/mol. The molecule has 176 valence electrons. The highest BCUT2D eigenvalue weighted by molar-refractivity contribution is 5.97. The highest BCUT2D eigenvalue weighted by Crippen LogP contribution is 2.30. The largest absolute Gasteiger partial charge is 0.466 e. The maximum atomic E-state index is 12.7. The Hall–Kier alpha value is -1.60. The van der Waals surface area contributed by atoms with Crippen molar-refractivity contribution in [3.8, 4) is 11.8 Å². The van der Waals surface area contributed by atoms with E-state index < -0.39 is 0 Å². The van der Waals surface area contributed by atoms with Crippen LogP contribution in [0.1, 0.15) is 111 Å². The zero-order valence-corrected chi connectivity index (χ0v) is 20.2. The summed E-state index contributed by atoms with van der Waals surface area (Å²) in [6.07, 6.45) is 15.9. The number of esters is 1. The zero-order valence-electron chi connectivity index (χ0n) is 20.2. The maximum Gasteiger partial charge on any atom is 0.305 e. The van der Waals surface area contributed by atoms with Gasteiger partial charge >= 0.3 is 5.97 Å². The molecule has 4 heteroatoms. The first kappa shape index (κ1) is 27.4. The summed E-state index contributed by atoms with van der Waals surface area (Å²) in [5.41, 5.74) is 0.851. The monoisotopic (exact) mass is 432 g/mol. The Bertz CT molecular complexity index is 596. The Balaban J connectivity index is 2.56. The van der Waals surface area contributed by atoms with Gasteiger partial charge in [-0.15, -0.1) is 0 Å². The summed E-state index contributed by atoms with van der Waals surface area (Å²) in [5, 5.41) is 0. The van der Waals surface area contributed by atoms with Crippen LogP contribution in [0.25, 0.3) is 0 Å². The van der Waals surface area contributed by atoms with Crippen molar-refractivity contribution in [2.45, 2.75) is 117 Å². The Kier molecular flexibility index (Phi) is 15.9. The van der Waals surface area contributed by atoms with Gasteiger partial charge in [0.15, 0.2) is 5.78 Å². The minimum atomic E-state index is -0.218. The molecule has 0 spiro atoms. The maximum absolute atomic E-state index is 12.7. The van der Waals surface area contributed by atoms with Crippen LogP contribution in [0, 0.1) is 17.8 Å². The van der Waals surface area contributed by atoms with E-state index in [4.69, 9.17) is 9.47 Å². The average molecular weight is 433 g/mol. The molecular formula is C27H44O4. The van der Waals surface area contributed by atoms with E-state index in [9.17, 15) is 9.59 Å². The van der Waals surface area contributed by atoms with Gasteiger partial charge in [-0.1, -0.05) is 77.1 Å². The van der Waals surface area contributed by atoms with Gasteiger partial charge < -0.3 is 9.47 Å². The standard InChI is InChI=1S/C27H44O4/c1-4-7-9-11-13-14-18-23-22-25(28)24(19-15-12-10-8-5-2)27(23)31-21-17-16-20-26(29)30-6-3/h22,24,27H,4-13,15-17,19-21H2,1-3H3/t24-,27+/m0/s1. The predicted molar refractivity (Wildman–Crippen MR) is 127 cm³/mol. The molecule has 0 aromatic rings. The number of ether oxygens (including phenoxy) is 2. The number of unbranched alkanes of at least 4 members (excludes halogenated alkanes) is 9. The van der Waals surface area contributed by atoms with E-state index in [2.05, 4.69) is 25.7 Å². The van der Waals surface area contributed by atoms with E-state index in [1.807, 2.05) is 6.92 Å². The lowest BCUT2D eigenvalue weighted by molar-refractivity contribution is -0.143. The van der Waals surface area contributed by atoms with Crippen LogP contribution in [0.3, 0.4) is 0 Å². The minimum absolute atomic E-state index is 0.101. The van der Waals surface area contributed by atoms with Crippen molar-refractivity contribution in [1.82, 2.24) is 0 Å². The highest BCUT2D eigenvalue weighted by atomic mass is 16.5. The van der Waals surface area contributed by atoms with E-state index in [-0.39, 0.29) is 23.8 Å². The summed E-state index contributed by atoms with van der Waals surface area (Å²) in [4.78, 5) is 24.1. The lowest BCUT2D eigenvalue weighted by Crippen LogP contribution is -2.26. The summed E-state index contributed by atoms with van der Waals surface area (Å²) in [5.74, 6) is 6.42. The van der Waals surface area contributed by atoms with Gasteiger partial charge in [0.05, 0.1) is 12.5 Å². The van der Waals surface area contributed by atoms with Crippen molar-refractivity contribution >= 4 is 11.8 Å². The fraction of sp³-hybridized carbons (Fsp3) is 0.778. The van der Waals surface area contributed by atoms with Gasteiger partial charge in [0.1, 0.15) is 6.10 Å². The molecule has 0 aromatic carbocycles. The number of ketones is 1. The molecule has 0 aliphatic heterocycles. The summed E-state index contributed by atoms with van der Waals surface area (Å²) < 4.78 is 11.1. The molecule has 0 heterocycles.